The molecule has 1 aliphatic heterocycles. The molecule has 38 heavy (non-hydrogen) atoms. The molecule has 0 saturated heterocycles. The number of aliphatic hydroxyl groups is 1. The van der Waals surface area contributed by atoms with Crippen LogP contribution in [0.3, 0.4) is 0 Å². The third kappa shape index (κ3) is 5.14. The van der Waals surface area contributed by atoms with Gasteiger partial charge in [-0.05, 0) is 53.8 Å². The van der Waals surface area contributed by atoms with E-state index in [9.17, 15) is 19.8 Å². The molecule has 12 heteroatoms. The second-order valence-electron chi connectivity index (χ2n) is 8.07. The minimum Gasteiger partial charge on any atom is -0.504 e. The number of carbonyl (C=O) groups is 2. The Morgan fingerprint density at radius 3 is 2.66 bits per heavy atom. The molecular formula is C26H20ClN3O5S3. The zero-order valence-electron chi connectivity index (χ0n) is 19.8. The number of aromatic hydroxyl groups is 1. The van der Waals surface area contributed by atoms with Crippen molar-refractivity contribution in [3.8, 4) is 11.5 Å². The van der Waals surface area contributed by atoms with E-state index < -0.39 is 23.5 Å². The van der Waals surface area contributed by atoms with Gasteiger partial charge in [-0.1, -0.05) is 59.0 Å². The van der Waals surface area contributed by atoms with Gasteiger partial charge in [-0.15, -0.1) is 21.5 Å². The number of hydrogen-bond donors (Lipinski definition) is 2. The number of benzene rings is 2. The third-order valence-electron chi connectivity index (χ3n) is 5.67. The van der Waals surface area contributed by atoms with Crippen LogP contribution in [-0.2, 0) is 10.5 Å². The standard InChI is InChI=1S/C26H20ClN3O5S3/c1-2-35-18-12-15(7-10-17(18)31)21-20(22(32)19-4-3-11-36-19)23(33)24(34)30(21)25-28-29-26(38-25)37-13-14-5-8-16(27)9-6-14/h3-12,21,31,33H,2,13H2,1H3. The van der Waals surface area contributed by atoms with Crippen LogP contribution in [0.2, 0.25) is 5.02 Å². The van der Waals surface area contributed by atoms with E-state index in [4.69, 9.17) is 16.3 Å². The minimum atomic E-state index is -1.00. The fourth-order valence-electron chi connectivity index (χ4n) is 3.95. The number of nitrogens with zero attached hydrogens (tertiary/aromatic N) is 3. The van der Waals surface area contributed by atoms with Gasteiger partial charge in [0.2, 0.25) is 10.9 Å². The van der Waals surface area contributed by atoms with Crippen molar-refractivity contribution < 1.29 is 24.5 Å². The summed E-state index contributed by atoms with van der Waals surface area (Å²) in [5.41, 5.74) is 1.44. The molecule has 0 spiro atoms. The average molecular weight is 586 g/mol. The first-order valence-electron chi connectivity index (χ1n) is 11.4. The van der Waals surface area contributed by atoms with Gasteiger partial charge >= 0.3 is 0 Å². The SMILES string of the molecule is CCOc1cc(C2C(C(=O)c3cccs3)=C(O)C(=O)N2c2nnc(SCc3ccc(Cl)cc3)s2)ccc1O. The second kappa shape index (κ2) is 11.2. The molecule has 8 nitrogen and oxygen atoms in total. The van der Waals surface area contributed by atoms with Crippen LogP contribution in [0.25, 0.3) is 0 Å². The number of thioether (sulfide) groups is 1. The van der Waals surface area contributed by atoms with Gasteiger partial charge in [0.05, 0.1) is 23.1 Å². The molecule has 4 aromatic rings. The van der Waals surface area contributed by atoms with Gasteiger partial charge in [0.25, 0.3) is 5.91 Å². The van der Waals surface area contributed by atoms with E-state index in [1.54, 1.807) is 36.6 Å². The maximum atomic E-state index is 13.5. The molecule has 0 saturated carbocycles. The molecule has 1 aliphatic rings. The molecule has 1 unspecified atom stereocenters. The lowest BCUT2D eigenvalue weighted by Gasteiger charge is -2.24. The number of ether oxygens (including phenoxy) is 1. The number of phenolic OH excluding ortho intramolecular Hbond substituents is 1. The molecule has 2 aromatic carbocycles. The van der Waals surface area contributed by atoms with E-state index in [1.807, 2.05) is 24.3 Å². The van der Waals surface area contributed by atoms with Crippen LogP contribution in [0, 0.1) is 0 Å². The molecule has 2 aromatic heterocycles. The van der Waals surface area contributed by atoms with Crippen molar-refractivity contribution in [2.45, 2.75) is 23.1 Å². The summed E-state index contributed by atoms with van der Waals surface area (Å²) in [6, 6.07) is 14.4. The van der Waals surface area contributed by atoms with E-state index in [-0.39, 0.29) is 22.2 Å². The predicted molar refractivity (Wildman–Crippen MR) is 149 cm³/mol. The smallest absolute Gasteiger partial charge is 0.296 e. The zero-order valence-corrected chi connectivity index (χ0v) is 23.0. The summed E-state index contributed by atoms with van der Waals surface area (Å²) in [6.45, 7) is 2.08. The number of ketones is 1. The third-order valence-corrected chi connectivity index (χ3v) is 8.92. The molecule has 0 radical (unpaired) electrons. The van der Waals surface area contributed by atoms with Crippen molar-refractivity contribution in [3.05, 3.63) is 92.3 Å². The summed E-state index contributed by atoms with van der Waals surface area (Å²) in [5.74, 6) is -1.14. The van der Waals surface area contributed by atoms with Crippen molar-refractivity contribution in [1.29, 1.82) is 0 Å². The van der Waals surface area contributed by atoms with Gasteiger partial charge in [-0.3, -0.25) is 14.5 Å². The normalized spacial score (nSPS) is 15.4. The molecular weight excluding hydrogens is 566 g/mol. The molecule has 0 aliphatic carbocycles. The lowest BCUT2D eigenvalue weighted by molar-refractivity contribution is -0.117. The quantitative estimate of drug-likeness (QED) is 0.131. The zero-order chi connectivity index (χ0) is 26.8. The largest absolute Gasteiger partial charge is 0.504 e. The summed E-state index contributed by atoms with van der Waals surface area (Å²) in [7, 11) is 0. The Kier molecular flexibility index (Phi) is 7.70. The first-order valence-corrected chi connectivity index (χ1v) is 14.4. The fourth-order valence-corrected chi connectivity index (χ4v) is 6.57. The van der Waals surface area contributed by atoms with Gasteiger partial charge in [0, 0.05) is 10.8 Å². The number of Topliss-reactive ketones (excluding diaryl/α,β-unsaturated/α-hetero) is 1. The molecule has 1 amide bonds. The Bertz CT molecular complexity index is 1520. The molecule has 5 rings (SSSR count). The summed E-state index contributed by atoms with van der Waals surface area (Å²) in [6.07, 6.45) is 0. The Balaban J connectivity index is 1.51. The monoisotopic (exact) mass is 585 g/mol. The van der Waals surface area contributed by atoms with Gasteiger partial charge in [0.1, 0.15) is 0 Å². The molecule has 0 fully saturated rings. The summed E-state index contributed by atoms with van der Waals surface area (Å²) in [4.78, 5) is 28.5. The average Bonchev–Trinajstić information content (AvgIpc) is 3.66. The Labute approximate surface area is 235 Å². The second-order valence-corrected chi connectivity index (χ2v) is 11.6. The number of aliphatic hydroxyl groups excluding tert-OH is 1. The summed E-state index contributed by atoms with van der Waals surface area (Å²) < 4.78 is 6.14. The van der Waals surface area contributed by atoms with Gasteiger partial charge < -0.3 is 14.9 Å². The van der Waals surface area contributed by atoms with Gasteiger partial charge in [-0.2, -0.15) is 0 Å². The fraction of sp³-hybridized carbons (Fsp3) is 0.154. The highest BCUT2D eigenvalue weighted by Gasteiger charge is 2.46. The molecule has 3 heterocycles. The number of aromatic nitrogens is 2. The Morgan fingerprint density at radius 2 is 1.95 bits per heavy atom. The number of anilines is 1. The Morgan fingerprint density at radius 1 is 1.16 bits per heavy atom. The van der Waals surface area contributed by atoms with Crippen molar-refractivity contribution in [3.63, 3.8) is 0 Å². The number of carbonyl (C=O) groups excluding carboxylic acids is 2. The number of amides is 1. The summed E-state index contributed by atoms with van der Waals surface area (Å²) in [5, 5.41) is 32.2. The van der Waals surface area contributed by atoms with E-state index in [0.717, 1.165) is 5.56 Å². The molecule has 0 bridgehead atoms. The number of phenols is 1. The van der Waals surface area contributed by atoms with Gasteiger partial charge in [-0.25, -0.2) is 0 Å². The van der Waals surface area contributed by atoms with Crippen LogP contribution >= 0.6 is 46.0 Å². The van der Waals surface area contributed by atoms with Crippen LogP contribution < -0.4 is 9.64 Å². The maximum Gasteiger partial charge on any atom is 0.296 e. The van der Waals surface area contributed by atoms with E-state index >= 15 is 0 Å². The van der Waals surface area contributed by atoms with Crippen molar-refractivity contribution in [1.82, 2.24) is 10.2 Å². The highest BCUT2D eigenvalue weighted by atomic mass is 35.5. The minimum absolute atomic E-state index is 0.0730. The molecule has 2 N–H and O–H groups in total. The lowest BCUT2D eigenvalue weighted by atomic mass is 9.95. The number of rotatable bonds is 9. The van der Waals surface area contributed by atoms with Gasteiger partial charge in [0.15, 0.2) is 21.6 Å². The van der Waals surface area contributed by atoms with Crippen LogP contribution in [0.5, 0.6) is 11.5 Å². The highest BCUT2D eigenvalue weighted by Crippen LogP contribution is 2.45. The van der Waals surface area contributed by atoms with E-state index in [2.05, 4.69) is 10.2 Å². The highest BCUT2D eigenvalue weighted by molar-refractivity contribution is 8.00. The lowest BCUT2D eigenvalue weighted by Crippen LogP contribution is -2.31. The Hall–Kier alpha value is -3.38. The van der Waals surface area contributed by atoms with Crippen molar-refractivity contribution in [2.24, 2.45) is 0 Å². The molecule has 194 valence electrons. The first kappa shape index (κ1) is 26.2. The van der Waals surface area contributed by atoms with E-state index in [0.29, 0.717) is 32.2 Å². The van der Waals surface area contributed by atoms with Crippen LogP contribution in [0.4, 0.5) is 5.13 Å². The van der Waals surface area contributed by atoms with Crippen LogP contribution in [-0.4, -0.2) is 38.7 Å². The molecule has 1 atom stereocenters. The van der Waals surface area contributed by atoms with Crippen molar-refractivity contribution >= 4 is 62.9 Å². The number of halogens is 1. The predicted octanol–water partition coefficient (Wildman–Crippen LogP) is 6.43. The summed E-state index contributed by atoms with van der Waals surface area (Å²) >= 11 is 9.80. The first-order chi connectivity index (χ1) is 18.4. The number of hydrogen-bond acceptors (Lipinski definition) is 10. The topological polar surface area (TPSA) is 113 Å². The number of thiophene rings is 1. The maximum absolute atomic E-state index is 13.5. The van der Waals surface area contributed by atoms with Crippen LogP contribution in [0.15, 0.2) is 75.6 Å². The van der Waals surface area contributed by atoms with E-state index in [1.165, 1.54) is 45.4 Å². The van der Waals surface area contributed by atoms with Crippen LogP contribution in [0.1, 0.15) is 33.8 Å². The van der Waals surface area contributed by atoms with Crippen molar-refractivity contribution in [2.75, 3.05) is 11.5 Å².